The molecule has 2 rings (SSSR count). The standard InChI is InChI=1S/C12H10O2.2Na/c13-11-7-3-1-5-9(11)10-6-2-4-8-12(10)14;;/h1-8,13-14H;;/q;2*+1/p-2. The van der Waals surface area contributed by atoms with E-state index in [0.29, 0.717) is 11.1 Å². The molecule has 0 aliphatic carbocycles. The van der Waals surface area contributed by atoms with Gasteiger partial charge in [0.1, 0.15) is 0 Å². The molecule has 0 spiro atoms. The van der Waals surface area contributed by atoms with Crippen molar-refractivity contribution in [2.24, 2.45) is 0 Å². The van der Waals surface area contributed by atoms with Gasteiger partial charge in [-0.2, -0.15) is 0 Å². The molecule has 0 saturated carbocycles. The number of rotatable bonds is 1. The average molecular weight is 230 g/mol. The van der Waals surface area contributed by atoms with Crippen LogP contribution in [0, 0.1) is 0 Å². The van der Waals surface area contributed by atoms with Crippen LogP contribution in [0.5, 0.6) is 11.5 Å². The molecule has 0 N–H and O–H groups in total. The predicted molar refractivity (Wildman–Crippen MR) is 50.8 cm³/mol. The normalized spacial score (nSPS) is 8.75. The summed E-state index contributed by atoms with van der Waals surface area (Å²) in [5.41, 5.74) is 0.941. The van der Waals surface area contributed by atoms with Crippen LogP contribution >= 0.6 is 0 Å². The Morgan fingerprint density at radius 1 is 0.562 bits per heavy atom. The van der Waals surface area contributed by atoms with Gasteiger partial charge in [-0.15, -0.1) is 11.5 Å². The molecule has 2 nitrogen and oxygen atoms in total. The van der Waals surface area contributed by atoms with Gasteiger partial charge in [0.05, 0.1) is 0 Å². The Hall–Kier alpha value is 0.0400. The third kappa shape index (κ3) is 3.52. The summed E-state index contributed by atoms with van der Waals surface area (Å²) in [5, 5.41) is 22.9. The van der Waals surface area contributed by atoms with Gasteiger partial charge in [0, 0.05) is 0 Å². The monoisotopic (exact) mass is 230 g/mol. The van der Waals surface area contributed by atoms with Crippen molar-refractivity contribution in [2.45, 2.75) is 0 Å². The smallest absolute Gasteiger partial charge is 0.872 e. The van der Waals surface area contributed by atoms with Crippen molar-refractivity contribution in [2.75, 3.05) is 0 Å². The van der Waals surface area contributed by atoms with Gasteiger partial charge >= 0.3 is 59.1 Å². The average Bonchev–Trinajstić information content (AvgIpc) is 2.20. The quantitative estimate of drug-likeness (QED) is 0.464. The summed E-state index contributed by atoms with van der Waals surface area (Å²) in [5.74, 6) is -0.230. The molecule has 0 bridgehead atoms. The second kappa shape index (κ2) is 7.38. The first kappa shape index (κ1) is 16.0. The molecule has 0 saturated heterocycles. The number of hydrogen-bond acceptors (Lipinski definition) is 2. The van der Waals surface area contributed by atoms with Gasteiger partial charge in [-0.05, 0) is 11.1 Å². The van der Waals surface area contributed by atoms with E-state index in [2.05, 4.69) is 0 Å². The van der Waals surface area contributed by atoms with E-state index in [1.54, 1.807) is 36.4 Å². The van der Waals surface area contributed by atoms with Crippen LogP contribution in [-0.2, 0) is 0 Å². The zero-order chi connectivity index (χ0) is 9.97. The van der Waals surface area contributed by atoms with E-state index in [-0.39, 0.29) is 70.6 Å². The molecule has 2 aromatic carbocycles. The molecule has 0 radical (unpaired) electrons. The first-order chi connectivity index (χ1) is 6.79. The van der Waals surface area contributed by atoms with E-state index >= 15 is 0 Å². The van der Waals surface area contributed by atoms with Crippen LogP contribution in [0.25, 0.3) is 11.1 Å². The van der Waals surface area contributed by atoms with E-state index in [1.165, 1.54) is 12.1 Å². The van der Waals surface area contributed by atoms with Gasteiger partial charge in [-0.25, -0.2) is 0 Å². The Morgan fingerprint density at radius 2 is 0.875 bits per heavy atom. The Bertz CT molecular complexity index is 415. The fourth-order valence-electron chi connectivity index (χ4n) is 1.38. The molecular weight excluding hydrogens is 222 g/mol. The minimum Gasteiger partial charge on any atom is -0.872 e. The van der Waals surface area contributed by atoms with Crippen molar-refractivity contribution >= 4 is 0 Å². The topological polar surface area (TPSA) is 46.1 Å². The summed E-state index contributed by atoms with van der Waals surface area (Å²) in [4.78, 5) is 0. The summed E-state index contributed by atoms with van der Waals surface area (Å²) >= 11 is 0. The van der Waals surface area contributed by atoms with E-state index < -0.39 is 0 Å². The largest absolute Gasteiger partial charge is 1.00 e. The summed E-state index contributed by atoms with van der Waals surface area (Å²) in [6.45, 7) is 0. The number of hydrogen-bond donors (Lipinski definition) is 0. The van der Waals surface area contributed by atoms with Gasteiger partial charge in [-0.3, -0.25) is 0 Å². The predicted octanol–water partition coefficient (Wildman–Crippen LogP) is -4.49. The SMILES string of the molecule is [Na+].[Na+].[O-]c1ccccc1-c1ccccc1[O-]. The van der Waals surface area contributed by atoms with Gasteiger partial charge < -0.3 is 10.2 Å². The maximum Gasteiger partial charge on any atom is 1.00 e. The van der Waals surface area contributed by atoms with Crippen molar-refractivity contribution in [3.63, 3.8) is 0 Å². The molecule has 4 heteroatoms. The minimum absolute atomic E-state index is 0. The zero-order valence-electron chi connectivity index (χ0n) is 9.44. The molecule has 0 aliphatic rings. The second-order valence-electron chi connectivity index (χ2n) is 2.99. The van der Waals surface area contributed by atoms with Gasteiger partial charge in [0.15, 0.2) is 0 Å². The Balaban J connectivity index is 0.00000112. The first-order valence-electron chi connectivity index (χ1n) is 4.31. The maximum absolute atomic E-state index is 11.4. The maximum atomic E-state index is 11.4. The van der Waals surface area contributed by atoms with Crippen molar-refractivity contribution in [1.82, 2.24) is 0 Å². The molecule has 0 aromatic heterocycles. The van der Waals surface area contributed by atoms with Crippen molar-refractivity contribution in [3.8, 4) is 22.6 Å². The fourth-order valence-corrected chi connectivity index (χ4v) is 1.38. The van der Waals surface area contributed by atoms with E-state index in [4.69, 9.17) is 0 Å². The van der Waals surface area contributed by atoms with E-state index in [9.17, 15) is 10.2 Å². The Morgan fingerprint density at radius 3 is 1.19 bits per heavy atom. The van der Waals surface area contributed by atoms with Crippen molar-refractivity contribution in [1.29, 1.82) is 0 Å². The Kier molecular flexibility index (Phi) is 7.40. The number of benzene rings is 2. The van der Waals surface area contributed by atoms with Crippen molar-refractivity contribution in [3.05, 3.63) is 48.5 Å². The summed E-state index contributed by atoms with van der Waals surface area (Å²) in [6, 6.07) is 13.1. The third-order valence-electron chi connectivity index (χ3n) is 2.06. The first-order valence-corrected chi connectivity index (χ1v) is 4.31. The summed E-state index contributed by atoms with van der Waals surface area (Å²) in [6.07, 6.45) is 0. The van der Waals surface area contributed by atoms with Crippen LogP contribution in [0.2, 0.25) is 0 Å². The van der Waals surface area contributed by atoms with E-state index in [0.717, 1.165) is 0 Å². The molecule has 0 heterocycles. The second-order valence-corrected chi connectivity index (χ2v) is 2.99. The zero-order valence-corrected chi connectivity index (χ0v) is 13.4. The minimum atomic E-state index is -0.115. The number of para-hydroxylation sites is 2. The molecule has 0 fully saturated rings. The summed E-state index contributed by atoms with van der Waals surface area (Å²) in [7, 11) is 0. The molecule has 0 aliphatic heterocycles. The van der Waals surface area contributed by atoms with Crippen LogP contribution in [0.4, 0.5) is 0 Å². The van der Waals surface area contributed by atoms with E-state index in [1.807, 2.05) is 0 Å². The molecule has 0 amide bonds. The van der Waals surface area contributed by atoms with Crippen LogP contribution in [-0.4, -0.2) is 0 Å². The summed E-state index contributed by atoms with van der Waals surface area (Å²) < 4.78 is 0. The molecular formula is C12H8Na2O2. The molecule has 70 valence electrons. The van der Waals surface area contributed by atoms with Crippen LogP contribution in [0.1, 0.15) is 0 Å². The molecule has 16 heavy (non-hydrogen) atoms. The van der Waals surface area contributed by atoms with Gasteiger partial charge in [-0.1, -0.05) is 48.5 Å². The molecule has 2 aromatic rings. The van der Waals surface area contributed by atoms with Crippen LogP contribution in [0.3, 0.4) is 0 Å². The Labute approximate surface area is 139 Å². The molecule has 0 atom stereocenters. The van der Waals surface area contributed by atoms with Gasteiger partial charge in [0.2, 0.25) is 0 Å². The van der Waals surface area contributed by atoms with Crippen LogP contribution in [0.15, 0.2) is 48.5 Å². The van der Waals surface area contributed by atoms with Crippen LogP contribution < -0.4 is 69.3 Å². The fraction of sp³-hybridized carbons (Fsp3) is 0. The van der Waals surface area contributed by atoms with Gasteiger partial charge in [0.25, 0.3) is 0 Å². The third-order valence-corrected chi connectivity index (χ3v) is 2.06. The molecule has 0 unspecified atom stereocenters. The van der Waals surface area contributed by atoms with Crippen molar-refractivity contribution < 1.29 is 69.3 Å².